The Morgan fingerprint density at radius 2 is 1.94 bits per heavy atom. The van der Waals surface area contributed by atoms with Crippen LogP contribution in [0.3, 0.4) is 0 Å². The van der Waals surface area contributed by atoms with E-state index in [0.29, 0.717) is 5.92 Å². The van der Waals surface area contributed by atoms with Crippen molar-refractivity contribution >= 4 is 0 Å². The van der Waals surface area contributed by atoms with Crippen molar-refractivity contribution in [2.24, 2.45) is 0 Å². The Bertz CT molecular complexity index is 311. The molecule has 1 saturated carbocycles. The third-order valence-corrected chi connectivity index (χ3v) is 3.59. The van der Waals surface area contributed by atoms with E-state index in [9.17, 15) is 0 Å². The molecule has 0 saturated heterocycles. The van der Waals surface area contributed by atoms with Crippen molar-refractivity contribution < 1.29 is 0 Å². The van der Waals surface area contributed by atoms with Crippen molar-refractivity contribution in [2.75, 3.05) is 6.54 Å². The highest BCUT2D eigenvalue weighted by Crippen LogP contribution is 2.20. The van der Waals surface area contributed by atoms with Crippen LogP contribution in [0.4, 0.5) is 0 Å². The van der Waals surface area contributed by atoms with E-state index in [-0.39, 0.29) is 0 Å². The second kappa shape index (κ2) is 5.49. The maximum absolute atomic E-state index is 3.55. The van der Waals surface area contributed by atoms with Gasteiger partial charge in [-0.3, -0.25) is 0 Å². The minimum Gasteiger partial charge on any atom is -0.314 e. The standard InChI is InChI=1S/C15H23N/c1-3-12(2)14-6-4-13(5-7-14)10-11-16-15-8-9-15/h4-7,12,15-16H,3,8-11H2,1-2H3. The van der Waals surface area contributed by atoms with Crippen molar-refractivity contribution in [3.05, 3.63) is 35.4 Å². The van der Waals surface area contributed by atoms with Gasteiger partial charge in [-0.25, -0.2) is 0 Å². The number of nitrogens with one attached hydrogen (secondary N) is 1. The fraction of sp³-hybridized carbons (Fsp3) is 0.600. The van der Waals surface area contributed by atoms with Gasteiger partial charge >= 0.3 is 0 Å². The Hall–Kier alpha value is -0.820. The highest BCUT2D eigenvalue weighted by atomic mass is 14.9. The van der Waals surface area contributed by atoms with Gasteiger partial charge in [0, 0.05) is 6.04 Å². The predicted octanol–water partition coefficient (Wildman–Crippen LogP) is 3.49. The molecule has 2 rings (SSSR count). The van der Waals surface area contributed by atoms with Gasteiger partial charge in [0.05, 0.1) is 0 Å². The summed E-state index contributed by atoms with van der Waals surface area (Å²) in [5.41, 5.74) is 2.93. The minimum absolute atomic E-state index is 0.693. The Morgan fingerprint density at radius 3 is 2.50 bits per heavy atom. The summed E-state index contributed by atoms with van der Waals surface area (Å²) in [5.74, 6) is 0.693. The summed E-state index contributed by atoms with van der Waals surface area (Å²) in [4.78, 5) is 0. The SMILES string of the molecule is CCC(C)c1ccc(CCNC2CC2)cc1. The molecular formula is C15H23N. The smallest absolute Gasteiger partial charge is 0.00683 e. The summed E-state index contributed by atoms with van der Waals surface area (Å²) < 4.78 is 0. The first kappa shape index (κ1) is 11.7. The monoisotopic (exact) mass is 217 g/mol. The van der Waals surface area contributed by atoms with E-state index in [0.717, 1.165) is 19.0 Å². The zero-order valence-corrected chi connectivity index (χ0v) is 10.5. The first-order chi connectivity index (χ1) is 7.79. The highest BCUT2D eigenvalue weighted by Gasteiger charge is 2.19. The maximum atomic E-state index is 3.55. The van der Waals surface area contributed by atoms with Gasteiger partial charge in [-0.2, -0.15) is 0 Å². The Morgan fingerprint density at radius 1 is 1.25 bits per heavy atom. The van der Waals surface area contributed by atoms with Crippen molar-refractivity contribution in [3.8, 4) is 0 Å². The van der Waals surface area contributed by atoms with Crippen LogP contribution in [-0.2, 0) is 6.42 Å². The molecule has 1 aromatic carbocycles. The predicted molar refractivity (Wildman–Crippen MR) is 69.9 cm³/mol. The summed E-state index contributed by atoms with van der Waals surface area (Å²) in [6, 6.07) is 9.99. The number of hydrogen-bond donors (Lipinski definition) is 1. The molecule has 1 fully saturated rings. The van der Waals surface area contributed by atoms with Crippen LogP contribution in [0.25, 0.3) is 0 Å². The second-order valence-corrected chi connectivity index (χ2v) is 5.03. The summed E-state index contributed by atoms with van der Waals surface area (Å²) in [6.45, 7) is 5.68. The van der Waals surface area contributed by atoms with Gasteiger partial charge in [0.1, 0.15) is 0 Å². The maximum Gasteiger partial charge on any atom is 0.00683 e. The molecule has 1 nitrogen and oxygen atoms in total. The quantitative estimate of drug-likeness (QED) is 0.769. The van der Waals surface area contributed by atoms with Crippen LogP contribution in [0.15, 0.2) is 24.3 Å². The molecule has 1 atom stereocenters. The topological polar surface area (TPSA) is 12.0 Å². The van der Waals surface area contributed by atoms with Gasteiger partial charge in [-0.1, -0.05) is 38.1 Å². The molecule has 0 heterocycles. The largest absolute Gasteiger partial charge is 0.314 e. The molecule has 0 spiro atoms. The van der Waals surface area contributed by atoms with E-state index in [1.165, 1.54) is 30.4 Å². The lowest BCUT2D eigenvalue weighted by Gasteiger charge is -2.10. The molecule has 1 aromatic rings. The fourth-order valence-electron chi connectivity index (χ4n) is 1.96. The van der Waals surface area contributed by atoms with Crippen molar-refractivity contribution in [1.29, 1.82) is 0 Å². The van der Waals surface area contributed by atoms with Crippen molar-refractivity contribution in [3.63, 3.8) is 0 Å². The Balaban J connectivity index is 1.80. The molecule has 1 heteroatoms. The van der Waals surface area contributed by atoms with E-state index >= 15 is 0 Å². The first-order valence-electron chi connectivity index (χ1n) is 6.62. The van der Waals surface area contributed by atoms with E-state index in [1.54, 1.807) is 0 Å². The molecule has 88 valence electrons. The molecular weight excluding hydrogens is 194 g/mol. The third kappa shape index (κ3) is 3.34. The molecule has 1 aliphatic carbocycles. The Labute approximate surface area is 99.3 Å². The van der Waals surface area contributed by atoms with Crippen LogP contribution in [0.2, 0.25) is 0 Å². The second-order valence-electron chi connectivity index (χ2n) is 5.03. The molecule has 0 aliphatic heterocycles. The first-order valence-corrected chi connectivity index (χ1v) is 6.62. The molecule has 0 radical (unpaired) electrons. The molecule has 1 N–H and O–H groups in total. The summed E-state index contributed by atoms with van der Waals surface area (Å²) in [6.07, 6.45) is 5.15. The molecule has 16 heavy (non-hydrogen) atoms. The average Bonchev–Trinajstić information content (AvgIpc) is 3.13. The molecule has 1 aliphatic rings. The lowest BCUT2D eigenvalue weighted by atomic mass is 9.97. The van der Waals surface area contributed by atoms with Gasteiger partial charge in [0.25, 0.3) is 0 Å². The fourth-order valence-corrected chi connectivity index (χ4v) is 1.96. The summed E-state index contributed by atoms with van der Waals surface area (Å²) >= 11 is 0. The molecule has 0 aromatic heterocycles. The highest BCUT2D eigenvalue weighted by molar-refractivity contribution is 5.25. The number of benzene rings is 1. The molecule has 0 amide bonds. The summed E-state index contributed by atoms with van der Waals surface area (Å²) in [5, 5.41) is 3.55. The van der Waals surface area contributed by atoms with Crippen LogP contribution in [-0.4, -0.2) is 12.6 Å². The lowest BCUT2D eigenvalue weighted by molar-refractivity contribution is 0.681. The van der Waals surface area contributed by atoms with Gasteiger partial charge in [-0.05, 0) is 49.3 Å². The van der Waals surface area contributed by atoms with Crippen LogP contribution in [0, 0.1) is 0 Å². The van der Waals surface area contributed by atoms with Gasteiger partial charge < -0.3 is 5.32 Å². The van der Waals surface area contributed by atoms with Gasteiger partial charge in [-0.15, -0.1) is 0 Å². The van der Waals surface area contributed by atoms with E-state index in [1.807, 2.05) is 0 Å². The van der Waals surface area contributed by atoms with E-state index in [2.05, 4.69) is 43.4 Å². The van der Waals surface area contributed by atoms with Crippen LogP contribution >= 0.6 is 0 Å². The molecule has 1 unspecified atom stereocenters. The lowest BCUT2D eigenvalue weighted by Crippen LogP contribution is -2.19. The van der Waals surface area contributed by atoms with Crippen LogP contribution in [0.5, 0.6) is 0 Å². The number of rotatable bonds is 6. The number of hydrogen-bond acceptors (Lipinski definition) is 1. The third-order valence-electron chi connectivity index (χ3n) is 3.59. The van der Waals surface area contributed by atoms with E-state index < -0.39 is 0 Å². The summed E-state index contributed by atoms with van der Waals surface area (Å²) in [7, 11) is 0. The van der Waals surface area contributed by atoms with Crippen LogP contribution < -0.4 is 5.32 Å². The van der Waals surface area contributed by atoms with E-state index in [4.69, 9.17) is 0 Å². The minimum atomic E-state index is 0.693. The zero-order chi connectivity index (χ0) is 11.4. The molecule has 0 bridgehead atoms. The normalized spacial score (nSPS) is 17.4. The van der Waals surface area contributed by atoms with Gasteiger partial charge in [0.15, 0.2) is 0 Å². The van der Waals surface area contributed by atoms with Crippen molar-refractivity contribution in [1.82, 2.24) is 5.32 Å². The zero-order valence-electron chi connectivity index (χ0n) is 10.5. The van der Waals surface area contributed by atoms with Crippen LogP contribution in [0.1, 0.15) is 50.2 Å². The Kier molecular flexibility index (Phi) is 4.00. The average molecular weight is 217 g/mol. The van der Waals surface area contributed by atoms with Crippen molar-refractivity contribution in [2.45, 2.75) is 51.5 Å². The van der Waals surface area contributed by atoms with Gasteiger partial charge in [0.2, 0.25) is 0 Å².